The van der Waals surface area contributed by atoms with E-state index in [0.717, 1.165) is 23.4 Å². The lowest BCUT2D eigenvalue weighted by Gasteiger charge is -2.21. The summed E-state index contributed by atoms with van der Waals surface area (Å²) < 4.78 is 29.8. The number of sulfone groups is 1. The fraction of sp³-hybridized carbons (Fsp3) is 0.214. The van der Waals surface area contributed by atoms with Gasteiger partial charge in [0, 0.05) is 18.7 Å². The highest BCUT2D eigenvalue weighted by molar-refractivity contribution is 7.90. The summed E-state index contributed by atoms with van der Waals surface area (Å²) in [5.74, 6) is 0.797. The first-order valence-electron chi connectivity index (χ1n) is 11.0. The van der Waals surface area contributed by atoms with E-state index in [1.165, 1.54) is 22.6 Å². The second-order valence-electron chi connectivity index (χ2n) is 8.56. The predicted molar refractivity (Wildman–Crippen MR) is 135 cm³/mol. The van der Waals surface area contributed by atoms with Crippen LogP contribution in [0.2, 0.25) is 0 Å². The lowest BCUT2D eigenvalue weighted by molar-refractivity contribution is 0.261. The summed E-state index contributed by atoms with van der Waals surface area (Å²) in [6, 6.07) is 30.1. The molecule has 1 atom stereocenters. The molecule has 0 heterocycles. The van der Waals surface area contributed by atoms with Crippen molar-refractivity contribution in [2.75, 3.05) is 33.5 Å². The maximum atomic E-state index is 12.0. The van der Waals surface area contributed by atoms with Gasteiger partial charge in [0.15, 0.2) is 9.84 Å². The number of hydrogen-bond donors (Lipinski definition) is 0. The minimum absolute atomic E-state index is 0.0412. The Kier molecular flexibility index (Phi) is 6.82. The van der Waals surface area contributed by atoms with E-state index in [2.05, 4.69) is 53.4 Å². The van der Waals surface area contributed by atoms with E-state index >= 15 is 0 Å². The third-order valence-electron chi connectivity index (χ3n) is 5.80. The van der Waals surface area contributed by atoms with E-state index in [1.807, 2.05) is 44.4 Å². The van der Waals surface area contributed by atoms with Crippen molar-refractivity contribution in [3.63, 3.8) is 0 Å². The molecule has 0 saturated heterocycles. The number of rotatable bonds is 8. The molecule has 4 aromatic rings. The number of hydrogen-bond acceptors (Lipinski definition) is 4. The van der Waals surface area contributed by atoms with Crippen LogP contribution in [0.5, 0.6) is 5.75 Å². The number of ether oxygens (including phenoxy) is 1. The van der Waals surface area contributed by atoms with Gasteiger partial charge in [0.05, 0.1) is 4.90 Å². The lowest BCUT2D eigenvalue weighted by atomic mass is 9.83. The largest absolute Gasteiger partial charge is 0.492 e. The van der Waals surface area contributed by atoms with E-state index in [0.29, 0.717) is 11.5 Å². The fourth-order valence-corrected chi connectivity index (χ4v) is 4.69. The summed E-state index contributed by atoms with van der Waals surface area (Å²) in [6.07, 6.45) is 1.24. The fourth-order valence-electron chi connectivity index (χ4n) is 4.06. The second kappa shape index (κ2) is 9.77. The van der Waals surface area contributed by atoms with Crippen LogP contribution in [-0.2, 0) is 9.84 Å². The molecule has 4 rings (SSSR count). The van der Waals surface area contributed by atoms with Gasteiger partial charge in [-0.25, -0.2) is 8.42 Å². The quantitative estimate of drug-likeness (QED) is 0.333. The van der Waals surface area contributed by atoms with Gasteiger partial charge in [0.2, 0.25) is 0 Å². The van der Waals surface area contributed by atoms with Crippen LogP contribution in [0.15, 0.2) is 95.9 Å². The van der Waals surface area contributed by atoms with Crippen molar-refractivity contribution in [3.8, 4) is 5.75 Å². The molecule has 0 aliphatic rings. The van der Waals surface area contributed by atoms with Crippen molar-refractivity contribution < 1.29 is 13.2 Å². The van der Waals surface area contributed by atoms with E-state index in [4.69, 9.17) is 4.74 Å². The zero-order chi connectivity index (χ0) is 23.4. The third kappa shape index (κ3) is 5.44. The monoisotopic (exact) mass is 459 g/mol. The van der Waals surface area contributed by atoms with Gasteiger partial charge in [-0.2, -0.15) is 0 Å². The van der Waals surface area contributed by atoms with Gasteiger partial charge in [0.1, 0.15) is 12.4 Å². The molecule has 5 heteroatoms. The number of benzene rings is 4. The molecule has 0 aliphatic carbocycles. The number of likely N-dealkylation sites (N-methyl/N-ethyl adjacent to an activating group) is 1. The Morgan fingerprint density at radius 3 is 2.03 bits per heavy atom. The van der Waals surface area contributed by atoms with Gasteiger partial charge in [-0.1, -0.05) is 66.7 Å². The van der Waals surface area contributed by atoms with Crippen molar-refractivity contribution in [1.82, 2.24) is 4.90 Å². The van der Waals surface area contributed by atoms with Crippen LogP contribution in [0.1, 0.15) is 22.6 Å². The molecule has 4 aromatic carbocycles. The summed E-state index contributed by atoms with van der Waals surface area (Å²) in [4.78, 5) is 2.41. The van der Waals surface area contributed by atoms with Crippen molar-refractivity contribution in [1.29, 1.82) is 0 Å². The average molecular weight is 460 g/mol. The zero-order valence-corrected chi connectivity index (χ0v) is 20.0. The topological polar surface area (TPSA) is 46.6 Å². The third-order valence-corrected chi connectivity index (χ3v) is 6.93. The smallest absolute Gasteiger partial charge is 0.175 e. The van der Waals surface area contributed by atoms with Gasteiger partial charge >= 0.3 is 0 Å². The zero-order valence-electron chi connectivity index (χ0n) is 19.2. The van der Waals surface area contributed by atoms with Crippen LogP contribution in [0, 0.1) is 0 Å². The van der Waals surface area contributed by atoms with Crippen molar-refractivity contribution >= 4 is 20.6 Å². The Bertz CT molecular complexity index is 1320. The second-order valence-corrected chi connectivity index (χ2v) is 10.6. The summed E-state index contributed by atoms with van der Waals surface area (Å²) in [5.41, 5.74) is 3.35. The Morgan fingerprint density at radius 2 is 1.39 bits per heavy atom. The summed E-state index contributed by atoms with van der Waals surface area (Å²) in [5, 5.41) is 2.36. The molecule has 170 valence electrons. The molecule has 4 nitrogen and oxygen atoms in total. The molecule has 1 unspecified atom stereocenters. The molecule has 0 spiro atoms. The molecular formula is C28H29NO3S. The lowest BCUT2D eigenvalue weighted by Crippen LogP contribution is -2.19. The molecule has 33 heavy (non-hydrogen) atoms. The summed E-state index contributed by atoms with van der Waals surface area (Å²) >= 11 is 0. The normalized spacial score (nSPS) is 12.7. The highest BCUT2D eigenvalue weighted by Crippen LogP contribution is 2.37. The minimum atomic E-state index is -3.25. The van der Waals surface area contributed by atoms with Gasteiger partial charge in [0.25, 0.3) is 0 Å². The number of nitrogens with zero attached hydrogens (tertiary/aromatic N) is 1. The molecule has 0 aromatic heterocycles. The maximum Gasteiger partial charge on any atom is 0.175 e. The Balaban J connectivity index is 1.77. The van der Waals surface area contributed by atoms with E-state index in [1.54, 1.807) is 12.1 Å². The minimum Gasteiger partial charge on any atom is -0.492 e. The molecule has 0 saturated carbocycles. The maximum absolute atomic E-state index is 12.0. The van der Waals surface area contributed by atoms with Gasteiger partial charge in [-0.3, -0.25) is 0 Å². The first-order valence-corrected chi connectivity index (χ1v) is 12.9. The Labute approximate surface area is 196 Å². The molecule has 0 aliphatic heterocycles. The predicted octanol–water partition coefficient (Wildman–Crippen LogP) is 5.36. The van der Waals surface area contributed by atoms with Crippen molar-refractivity contribution in [3.05, 3.63) is 108 Å². The first-order chi connectivity index (χ1) is 15.8. The first kappa shape index (κ1) is 23.0. The molecule has 0 radical (unpaired) electrons. The molecule has 0 bridgehead atoms. The van der Waals surface area contributed by atoms with Crippen LogP contribution >= 0.6 is 0 Å². The summed E-state index contributed by atoms with van der Waals surface area (Å²) in [7, 11) is 0.798. The van der Waals surface area contributed by atoms with Crippen LogP contribution < -0.4 is 4.74 Å². The number of fused-ring (bicyclic) bond motifs is 1. The van der Waals surface area contributed by atoms with Gasteiger partial charge in [-0.15, -0.1) is 0 Å². The SMILES string of the molecule is CN(C)CCOc1ccc(C(c2ccc(S(C)(=O)=O)cc2)c2cccc3ccccc23)cc1. The standard InChI is InChI=1S/C28H29NO3S/c1-29(2)19-20-32-24-15-11-22(12-16-24)28(23-13-17-25(18-14-23)33(3,30)31)27-10-6-8-21-7-4-5-9-26(21)27/h4-18,28H,19-20H2,1-3H3. The van der Waals surface area contributed by atoms with E-state index in [9.17, 15) is 8.42 Å². The van der Waals surface area contributed by atoms with Gasteiger partial charge in [-0.05, 0) is 65.8 Å². The Morgan fingerprint density at radius 1 is 0.788 bits per heavy atom. The molecule has 0 amide bonds. The van der Waals surface area contributed by atoms with E-state index in [-0.39, 0.29) is 5.92 Å². The van der Waals surface area contributed by atoms with Gasteiger partial charge < -0.3 is 9.64 Å². The van der Waals surface area contributed by atoms with Crippen LogP contribution in [0.4, 0.5) is 0 Å². The molecule has 0 N–H and O–H groups in total. The average Bonchev–Trinajstić information content (AvgIpc) is 2.80. The highest BCUT2D eigenvalue weighted by atomic mass is 32.2. The van der Waals surface area contributed by atoms with Crippen molar-refractivity contribution in [2.24, 2.45) is 0 Å². The van der Waals surface area contributed by atoms with Crippen molar-refractivity contribution in [2.45, 2.75) is 10.8 Å². The Hall–Kier alpha value is -3.15. The molecular weight excluding hydrogens is 430 g/mol. The van der Waals surface area contributed by atoms with Crippen LogP contribution in [0.25, 0.3) is 10.8 Å². The van der Waals surface area contributed by atoms with E-state index < -0.39 is 9.84 Å². The highest BCUT2D eigenvalue weighted by Gasteiger charge is 2.20. The summed E-state index contributed by atoms with van der Waals surface area (Å²) in [6.45, 7) is 1.49. The van der Waals surface area contributed by atoms with Crippen LogP contribution in [0.3, 0.4) is 0 Å². The van der Waals surface area contributed by atoms with Crippen LogP contribution in [-0.4, -0.2) is 46.8 Å². The molecule has 0 fully saturated rings.